The van der Waals surface area contributed by atoms with Crippen LogP contribution < -0.4 is 9.47 Å². The average Bonchev–Trinajstić information content (AvgIpc) is 2.62. The van der Waals surface area contributed by atoms with E-state index in [9.17, 15) is 0 Å². The maximum Gasteiger partial charge on any atom is 0.138 e. The van der Waals surface area contributed by atoms with E-state index in [1.54, 1.807) is 0 Å². The van der Waals surface area contributed by atoms with Gasteiger partial charge in [-0.05, 0) is 51.7 Å². The molecule has 0 aliphatic rings. The fourth-order valence-corrected chi connectivity index (χ4v) is 2.84. The lowest BCUT2D eigenvalue weighted by atomic mass is 10.2. The Bertz CT molecular complexity index is 721. The highest BCUT2D eigenvalue weighted by Crippen LogP contribution is 2.36. The van der Waals surface area contributed by atoms with Crippen molar-refractivity contribution >= 4 is 15.9 Å². The van der Waals surface area contributed by atoms with Crippen LogP contribution in [0.2, 0.25) is 0 Å². The van der Waals surface area contributed by atoms with E-state index in [-0.39, 0.29) is 0 Å². The second kappa shape index (κ2) is 8.02. The molecule has 2 nitrogen and oxygen atoms in total. The van der Waals surface area contributed by atoms with Crippen LogP contribution in [-0.2, 0) is 13.2 Å². The minimum absolute atomic E-state index is 0.529. The van der Waals surface area contributed by atoms with Crippen LogP contribution in [0.25, 0.3) is 0 Å². The van der Waals surface area contributed by atoms with Crippen LogP contribution in [0.1, 0.15) is 16.7 Å². The first kappa shape index (κ1) is 16.6. The molecule has 3 aromatic rings. The third kappa shape index (κ3) is 4.39. The highest BCUT2D eigenvalue weighted by Gasteiger charge is 2.10. The van der Waals surface area contributed by atoms with Crippen molar-refractivity contribution in [2.45, 2.75) is 20.1 Å². The molecule has 0 aliphatic carbocycles. The minimum atomic E-state index is 0.529. The molecule has 122 valence electrons. The number of rotatable bonds is 6. The first-order valence-corrected chi connectivity index (χ1v) is 8.65. The third-order valence-electron chi connectivity index (χ3n) is 3.62. The Kier molecular flexibility index (Phi) is 5.55. The highest BCUT2D eigenvalue weighted by atomic mass is 79.9. The van der Waals surface area contributed by atoms with Gasteiger partial charge in [0.05, 0.1) is 0 Å². The van der Waals surface area contributed by atoms with Crippen molar-refractivity contribution < 1.29 is 9.47 Å². The molecule has 0 heterocycles. The summed E-state index contributed by atoms with van der Waals surface area (Å²) >= 11 is 3.61. The molecule has 24 heavy (non-hydrogen) atoms. The van der Waals surface area contributed by atoms with Crippen molar-refractivity contribution in [2.75, 3.05) is 0 Å². The normalized spacial score (nSPS) is 10.4. The predicted molar refractivity (Wildman–Crippen MR) is 100 cm³/mol. The molecule has 0 saturated heterocycles. The van der Waals surface area contributed by atoms with E-state index in [1.165, 1.54) is 0 Å². The molecule has 0 unspecified atom stereocenters. The maximum atomic E-state index is 5.97. The lowest BCUT2D eigenvalue weighted by molar-refractivity contribution is 0.286. The van der Waals surface area contributed by atoms with Crippen LogP contribution in [0.15, 0.2) is 77.3 Å². The Morgan fingerprint density at radius 1 is 0.708 bits per heavy atom. The van der Waals surface area contributed by atoms with Gasteiger partial charge in [-0.15, -0.1) is 0 Å². The Balaban J connectivity index is 1.72. The van der Waals surface area contributed by atoms with Gasteiger partial charge in [-0.25, -0.2) is 0 Å². The molecule has 0 N–H and O–H groups in total. The van der Waals surface area contributed by atoms with Gasteiger partial charge in [-0.2, -0.15) is 0 Å². The van der Waals surface area contributed by atoms with E-state index < -0.39 is 0 Å². The van der Waals surface area contributed by atoms with Crippen molar-refractivity contribution in [2.24, 2.45) is 0 Å². The van der Waals surface area contributed by atoms with Crippen molar-refractivity contribution in [1.82, 2.24) is 0 Å². The monoisotopic (exact) mass is 382 g/mol. The maximum absolute atomic E-state index is 5.97. The zero-order valence-electron chi connectivity index (χ0n) is 13.5. The molecule has 0 aliphatic heterocycles. The molecule has 0 bridgehead atoms. The lowest BCUT2D eigenvalue weighted by Crippen LogP contribution is -2.00. The van der Waals surface area contributed by atoms with Crippen LogP contribution in [0.4, 0.5) is 0 Å². The summed E-state index contributed by atoms with van der Waals surface area (Å²) < 4.78 is 12.8. The van der Waals surface area contributed by atoms with Crippen molar-refractivity contribution in [3.63, 3.8) is 0 Å². The Labute approximate surface area is 151 Å². The minimum Gasteiger partial charge on any atom is -0.488 e. The van der Waals surface area contributed by atoms with Crippen LogP contribution in [-0.4, -0.2) is 0 Å². The van der Waals surface area contributed by atoms with Gasteiger partial charge in [0.1, 0.15) is 29.2 Å². The summed E-state index contributed by atoms with van der Waals surface area (Å²) in [4.78, 5) is 0. The van der Waals surface area contributed by atoms with Gasteiger partial charge < -0.3 is 9.47 Å². The molecule has 0 fully saturated rings. The summed E-state index contributed by atoms with van der Waals surface area (Å²) in [6.45, 7) is 3.10. The first-order valence-electron chi connectivity index (χ1n) is 7.86. The number of halogens is 1. The summed E-state index contributed by atoms with van der Waals surface area (Å²) in [5, 5.41) is 0. The second-order valence-corrected chi connectivity index (χ2v) is 6.42. The summed E-state index contributed by atoms with van der Waals surface area (Å²) in [6.07, 6.45) is 0. The molecule has 0 spiro atoms. The molecular formula is C21H19BrO2. The van der Waals surface area contributed by atoms with E-state index in [4.69, 9.17) is 9.47 Å². The molecule has 0 aromatic heterocycles. The van der Waals surface area contributed by atoms with Gasteiger partial charge in [0.2, 0.25) is 0 Å². The van der Waals surface area contributed by atoms with Gasteiger partial charge in [0.15, 0.2) is 0 Å². The molecular weight excluding hydrogens is 364 g/mol. The number of ether oxygens (including phenoxy) is 2. The molecule has 0 radical (unpaired) electrons. The van der Waals surface area contributed by atoms with Gasteiger partial charge in [-0.1, -0.05) is 60.7 Å². The van der Waals surface area contributed by atoms with E-state index >= 15 is 0 Å². The lowest BCUT2D eigenvalue weighted by Gasteiger charge is -2.14. The van der Waals surface area contributed by atoms with Gasteiger partial charge in [-0.3, -0.25) is 0 Å². The van der Waals surface area contributed by atoms with Gasteiger partial charge in [0.25, 0.3) is 0 Å². The summed E-state index contributed by atoms with van der Waals surface area (Å²) in [5.74, 6) is 1.59. The fraction of sp³-hybridized carbons (Fsp3) is 0.143. The van der Waals surface area contributed by atoms with E-state index in [2.05, 4.69) is 40.2 Å². The van der Waals surface area contributed by atoms with E-state index in [1.807, 2.05) is 55.5 Å². The van der Waals surface area contributed by atoms with Crippen LogP contribution in [0.5, 0.6) is 11.5 Å². The zero-order valence-corrected chi connectivity index (χ0v) is 15.1. The van der Waals surface area contributed by atoms with Crippen molar-refractivity contribution in [1.29, 1.82) is 0 Å². The van der Waals surface area contributed by atoms with Crippen LogP contribution in [0.3, 0.4) is 0 Å². The first-order chi connectivity index (χ1) is 11.7. The molecule has 3 heteroatoms. The SMILES string of the molecule is Cc1cc(OCc2ccccc2)c(Br)c(OCc2ccccc2)c1. The number of hydrogen-bond donors (Lipinski definition) is 0. The largest absolute Gasteiger partial charge is 0.488 e. The Morgan fingerprint density at radius 3 is 1.54 bits per heavy atom. The third-order valence-corrected chi connectivity index (χ3v) is 4.41. The molecule has 0 saturated carbocycles. The standard InChI is InChI=1S/C21H19BrO2/c1-16-12-19(23-14-17-8-4-2-5-9-17)21(22)20(13-16)24-15-18-10-6-3-7-11-18/h2-13H,14-15H2,1H3. The summed E-state index contributed by atoms with van der Waals surface area (Å²) in [7, 11) is 0. The number of benzene rings is 3. The zero-order chi connectivity index (χ0) is 16.8. The molecule has 0 amide bonds. The fourth-order valence-electron chi connectivity index (χ4n) is 2.38. The molecule has 3 aromatic carbocycles. The van der Waals surface area contributed by atoms with E-state index in [0.717, 1.165) is 32.7 Å². The molecule has 3 rings (SSSR count). The molecule has 0 atom stereocenters. The Morgan fingerprint density at radius 2 is 1.12 bits per heavy atom. The van der Waals surface area contributed by atoms with Gasteiger partial charge >= 0.3 is 0 Å². The summed E-state index contributed by atoms with van der Waals surface area (Å²) in [6, 6.07) is 24.3. The summed E-state index contributed by atoms with van der Waals surface area (Å²) in [5.41, 5.74) is 3.37. The average molecular weight is 383 g/mol. The smallest absolute Gasteiger partial charge is 0.138 e. The predicted octanol–water partition coefficient (Wildman–Crippen LogP) is 5.92. The number of hydrogen-bond acceptors (Lipinski definition) is 2. The Hall–Kier alpha value is -2.26. The van der Waals surface area contributed by atoms with Crippen LogP contribution >= 0.6 is 15.9 Å². The topological polar surface area (TPSA) is 18.5 Å². The van der Waals surface area contributed by atoms with Crippen molar-refractivity contribution in [3.05, 3.63) is 94.0 Å². The second-order valence-electron chi connectivity index (χ2n) is 5.62. The van der Waals surface area contributed by atoms with Crippen LogP contribution in [0, 0.1) is 6.92 Å². The van der Waals surface area contributed by atoms with E-state index in [0.29, 0.717) is 13.2 Å². The van der Waals surface area contributed by atoms with Crippen molar-refractivity contribution in [3.8, 4) is 11.5 Å². The quantitative estimate of drug-likeness (QED) is 0.526. The highest BCUT2D eigenvalue weighted by molar-refractivity contribution is 9.10. The van der Waals surface area contributed by atoms with Gasteiger partial charge in [0, 0.05) is 0 Å². The number of aryl methyl sites for hydroxylation is 1.